The number of aryl methyl sites for hydroxylation is 1. The summed E-state index contributed by atoms with van der Waals surface area (Å²) in [6.45, 7) is 2.66. The first kappa shape index (κ1) is 17.1. The standard InChI is InChI=1S/C21H21N3O3/c1-13-4-9-19-17(10-13)23-18(12-27-19)15-7-5-14(6-8-15)16-11-22-21(26-3)24-20(16)25-2/h4-11,18,23H,12H2,1-3H3. The minimum atomic E-state index is 0.0994. The minimum Gasteiger partial charge on any atom is -0.489 e. The fourth-order valence-electron chi connectivity index (χ4n) is 3.16. The van der Waals surface area contributed by atoms with E-state index in [4.69, 9.17) is 14.2 Å². The molecule has 0 saturated carbocycles. The van der Waals surface area contributed by atoms with Crippen molar-refractivity contribution in [1.29, 1.82) is 0 Å². The summed E-state index contributed by atoms with van der Waals surface area (Å²) in [6.07, 6.45) is 1.71. The van der Waals surface area contributed by atoms with Gasteiger partial charge in [0.05, 0.1) is 31.5 Å². The average Bonchev–Trinajstić information content (AvgIpc) is 2.72. The Morgan fingerprint density at radius 3 is 2.63 bits per heavy atom. The molecule has 6 heteroatoms. The predicted molar refractivity (Wildman–Crippen MR) is 104 cm³/mol. The van der Waals surface area contributed by atoms with E-state index in [9.17, 15) is 0 Å². The second-order valence-corrected chi connectivity index (χ2v) is 6.41. The third kappa shape index (κ3) is 3.38. The number of aromatic nitrogens is 2. The quantitative estimate of drug-likeness (QED) is 0.755. The Labute approximate surface area is 158 Å². The fourth-order valence-corrected chi connectivity index (χ4v) is 3.16. The van der Waals surface area contributed by atoms with Gasteiger partial charge in [0.1, 0.15) is 12.4 Å². The maximum atomic E-state index is 5.91. The van der Waals surface area contributed by atoms with Gasteiger partial charge in [-0.05, 0) is 35.7 Å². The second kappa shape index (κ2) is 7.15. The lowest BCUT2D eigenvalue weighted by Crippen LogP contribution is -2.23. The highest BCUT2D eigenvalue weighted by Gasteiger charge is 2.20. The summed E-state index contributed by atoms with van der Waals surface area (Å²) in [6, 6.07) is 14.8. The molecule has 1 unspecified atom stereocenters. The first-order valence-corrected chi connectivity index (χ1v) is 8.73. The number of methoxy groups -OCH3 is 2. The Morgan fingerprint density at radius 1 is 1.07 bits per heavy atom. The van der Waals surface area contributed by atoms with Gasteiger partial charge in [-0.1, -0.05) is 30.3 Å². The van der Waals surface area contributed by atoms with Crippen LogP contribution in [0.5, 0.6) is 17.6 Å². The summed E-state index contributed by atoms with van der Waals surface area (Å²) in [4.78, 5) is 8.43. The van der Waals surface area contributed by atoms with Crippen LogP contribution < -0.4 is 19.5 Å². The number of nitrogens with one attached hydrogen (secondary N) is 1. The zero-order valence-electron chi connectivity index (χ0n) is 15.5. The molecule has 27 heavy (non-hydrogen) atoms. The van der Waals surface area contributed by atoms with Crippen molar-refractivity contribution in [3.8, 4) is 28.8 Å². The average molecular weight is 363 g/mol. The van der Waals surface area contributed by atoms with Crippen molar-refractivity contribution >= 4 is 5.69 Å². The number of benzene rings is 2. The lowest BCUT2D eigenvalue weighted by molar-refractivity contribution is 0.286. The summed E-state index contributed by atoms with van der Waals surface area (Å²) in [5, 5.41) is 3.56. The van der Waals surface area contributed by atoms with E-state index >= 15 is 0 Å². The fraction of sp³-hybridized carbons (Fsp3) is 0.238. The van der Waals surface area contributed by atoms with Crippen LogP contribution in [-0.4, -0.2) is 30.8 Å². The molecule has 2 aromatic carbocycles. The first-order chi connectivity index (χ1) is 13.2. The zero-order chi connectivity index (χ0) is 18.8. The van der Waals surface area contributed by atoms with Crippen molar-refractivity contribution in [3.05, 3.63) is 59.8 Å². The Kier molecular flexibility index (Phi) is 4.54. The van der Waals surface area contributed by atoms with Crippen LogP contribution in [0, 0.1) is 6.92 Å². The van der Waals surface area contributed by atoms with Gasteiger partial charge in [-0.3, -0.25) is 0 Å². The monoisotopic (exact) mass is 363 g/mol. The van der Waals surface area contributed by atoms with E-state index in [0.717, 1.165) is 28.1 Å². The molecular weight excluding hydrogens is 342 g/mol. The Morgan fingerprint density at radius 2 is 1.89 bits per heavy atom. The lowest BCUT2D eigenvalue weighted by Gasteiger charge is -2.28. The van der Waals surface area contributed by atoms with Crippen LogP contribution in [0.25, 0.3) is 11.1 Å². The van der Waals surface area contributed by atoms with Crippen molar-refractivity contribution in [2.45, 2.75) is 13.0 Å². The highest BCUT2D eigenvalue weighted by Crippen LogP contribution is 2.35. The molecule has 0 fully saturated rings. The van der Waals surface area contributed by atoms with Crippen LogP contribution in [0.1, 0.15) is 17.2 Å². The summed E-state index contributed by atoms with van der Waals surface area (Å²) < 4.78 is 16.3. The number of hydrogen-bond acceptors (Lipinski definition) is 6. The largest absolute Gasteiger partial charge is 0.489 e. The van der Waals surface area contributed by atoms with Gasteiger partial charge in [0.2, 0.25) is 5.88 Å². The Balaban J connectivity index is 1.58. The van der Waals surface area contributed by atoms with E-state index in [-0.39, 0.29) is 12.1 Å². The third-order valence-corrected chi connectivity index (χ3v) is 4.60. The number of hydrogen-bond donors (Lipinski definition) is 1. The topological polar surface area (TPSA) is 65.5 Å². The van der Waals surface area contributed by atoms with Crippen LogP contribution in [-0.2, 0) is 0 Å². The van der Waals surface area contributed by atoms with Crippen LogP contribution >= 0.6 is 0 Å². The molecule has 1 aliphatic heterocycles. The number of fused-ring (bicyclic) bond motifs is 1. The molecule has 1 N–H and O–H groups in total. The van der Waals surface area contributed by atoms with Gasteiger partial charge in [-0.15, -0.1) is 0 Å². The smallest absolute Gasteiger partial charge is 0.319 e. The molecular formula is C21H21N3O3. The molecule has 6 nitrogen and oxygen atoms in total. The molecule has 0 aliphatic carbocycles. The molecule has 0 bridgehead atoms. The highest BCUT2D eigenvalue weighted by molar-refractivity contribution is 5.68. The molecule has 0 spiro atoms. The second-order valence-electron chi connectivity index (χ2n) is 6.41. The zero-order valence-corrected chi connectivity index (χ0v) is 15.5. The first-order valence-electron chi connectivity index (χ1n) is 8.73. The maximum Gasteiger partial charge on any atom is 0.319 e. The van der Waals surface area contributed by atoms with Crippen molar-refractivity contribution in [3.63, 3.8) is 0 Å². The molecule has 1 atom stereocenters. The van der Waals surface area contributed by atoms with E-state index in [0.29, 0.717) is 12.5 Å². The van der Waals surface area contributed by atoms with E-state index in [1.807, 2.05) is 18.2 Å². The van der Waals surface area contributed by atoms with Gasteiger partial charge in [0.15, 0.2) is 0 Å². The molecule has 2 heterocycles. The van der Waals surface area contributed by atoms with E-state index in [1.54, 1.807) is 13.3 Å². The molecule has 0 radical (unpaired) electrons. The number of rotatable bonds is 4. The minimum absolute atomic E-state index is 0.0994. The SMILES string of the molecule is COc1ncc(-c2ccc(C3COc4ccc(C)cc4N3)cc2)c(OC)n1. The molecule has 0 saturated heterocycles. The number of anilines is 1. The van der Waals surface area contributed by atoms with Crippen LogP contribution in [0.15, 0.2) is 48.7 Å². The van der Waals surface area contributed by atoms with Gasteiger partial charge in [-0.25, -0.2) is 4.98 Å². The van der Waals surface area contributed by atoms with Crippen LogP contribution in [0.3, 0.4) is 0 Å². The van der Waals surface area contributed by atoms with Gasteiger partial charge in [0.25, 0.3) is 0 Å². The van der Waals surface area contributed by atoms with Gasteiger partial charge in [-0.2, -0.15) is 4.98 Å². The number of ether oxygens (including phenoxy) is 3. The van der Waals surface area contributed by atoms with Crippen molar-refractivity contribution in [2.24, 2.45) is 0 Å². The maximum absolute atomic E-state index is 5.91. The van der Waals surface area contributed by atoms with Crippen LogP contribution in [0.4, 0.5) is 5.69 Å². The highest BCUT2D eigenvalue weighted by atomic mass is 16.5. The summed E-state index contributed by atoms with van der Waals surface area (Å²) >= 11 is 0. The van der Waals surface area contributed by atoms with Crippen molar-refractivity contribution in [1.82, 2.24) is 9.97 Å². The summed E-state index contributed by atoms with van der Waals surface area (Å²) in [7, 11) is 3.12. The van der Waals surface area contributed by atoms with Gasteiger partial charge < -0.3 is 19.5 Å². The van der Waals surface area contributed by atoms with Gasteiger partial charge in [0, 0.05) is 6.20 Å². The van der Waals surface area contributed by atoms with E-state index in [2.05, 4.69) is 46.5 Å². The lowest BCUT2D eigenvalue weighted by atomic mass is 10.0. The summed E-state index contributed by atoms with van der Waals surface area (Å²) in [5.74, 6) is 1.38. The molecule has 3 aromatic rings. The van der Waals surface area contributed by atoms with Crippen LogP contribution in [0.2, 0.25) is 0 Å². The molecule has 4 rings (SSSR count). The Hall–Kier alpha value is -3.28. The molecule has 0 amide bonds. The van der Waals surface area contributed by atoms with E-state index in [1.165, 1.54) is 12.7 Å². The van der Waals surface area contributed by atoms with Crippen molar-refractivity contribution in [2.75, 3.05) is 26.1 Å². The normalized spacial score (nSPS) is 15.3. The molecule has 138 valence electrons. The summed E-state index contributed by atoms with van der Waals surface area (Å²) in [5.41, 5.74) is 5.18. The number of nitrogens with zero attached hydrogens (tertiary/aromatic N) is 2. The molecule has 1 aliphatic rings. The third-order valence-electron chi connectivity index (χ3n) is 4.60. The van der Waals surface area contributed by atoms with E-state index < -0.39 is 0 Å². The Bertz CT molecular complexity index is 957. The predicted octanol–water partition coefficient (Wildman–Crippen LogP) is 4.01. The van der Waals surface area contributed by atoms with Crippen molar-refractivity contribution < 1.29 is 14.2 Å². The van der Waals surface area contributed by atoms with Gasteiger partial charge >= 0.3 is 6.01 Å². The molecule has 1 aromatic heterocycles.